The summed E-state index contributed by atoms with van der Waals surface area (Å²) >= 11 is 0. The van der Waals surface area contributed by atoms with Crippen molar-refractivity contribution in [2.45, 2.75) is 51.6 Å². The first-order valence-electron chi connectivity index (χ1n) is 7.73. The topological polar surface area (TPSA) is 95.5 Å². The summed E-state index contributed by atoms with van der Waals surface area (Å²) in [4.78, 5) is 22.0. The van der Waals surface area contributed by atoms with Gasteiger partial charge in [-0.3, -0.25) is 14.9 Å². The molecule has 0 heterocycles. The lowest BCUT2D eigenvalue weighted by Crippen LogP contribution is -2.06. The Morgan fingerprint density at radius 2 is 1.73 bits per heavy atom. The van der Waals surface area contributed by atoms with Crippen LogP contribution in [0.15, 0.2) is 24.3 Å². The molecule has 0 spiro atoms. The minimum absolute atomic E-state index is 0.0183. The number of benzene rings is 1. The Hall–Kier alpha value is -1.95. The molecule has 1 aromatic rings. The normalized spacial score (nSPS) is 10.4. The molecule has 0 fully saturated rings. The third kappa shape index (κ3) is 7.17. The van der Waals surface area contributed by atoms with E-state index in [0.29, 0.717) is 12.0 Å². The molecular weight excluding hydrogens is 284 g/mol. The van der Waals surface area contributed by atoms with Gasteiger partial charge in [0, 0.05) is 12.5 Å². The second-order valence-electron chi connectivity index (χ2n) is 5.21. The maximum absolute atomic E-state index is 11.6. The predicted octanol–water partition coefficient (Wildman–Crippen LogP) is 3.33. The van der Waals surface area contributed by atoms with E-state index in [1.54, 1.807) is 18.2 Å². The van der Waals surface area contributed by atoms with Crippen LogP contribution in [0.3, 0.4) is 0 Å². The number of carbonyl (C=O) groups excluding carboxylic acids is 1. The molecule has 0 radical (unpaired) electrons. The second kappa shape index (κ2) is 10.7. The van der Waals surface area contributed by atoms with Gasteiger partial charge in [0.05, 0.1) is 10.5 Å². The first kappa shape index (κ1) is 18.1. The van der Waals surface area contributed by atoms with Gasteiger partial charge in [0.1, 0.15) is 6.61 Å². The number of esters is 1. The van der Waals surface area contributed by atoms with E-state index in [4.69, 9.17) is 10.5 Å². The van der Waals surface area contributed by atoms with E-state index in [2.05, 4.69) is 0 Å². The predicted molar refractivity (Wildman–Crippen MR) is 84.3 cm³/mol. The van der Waals surface area contributed by atoms with Gasteiger partial charge in [0.25, 0.3) is 5.69 Å². The molecule has 0 atom stereocenters. The van der Waals surface area contributed by atoms with Gasteiger partial charge in [-0.05, 0) is 25.5 Å². The molecule has 0 bridgehead atoms. The van der Waals surface area contributed by atoms with Gasteiger partial charge < -0.3 is 10.5 Å². The first-order valence-corrected chi connectivity index (χ1v) is 7.73. The highest BCUT2D eigenvalue weighted by atomic mass is 16.6. The van der Waals surface area contributed by atoms with Crippen LogP contribution in [0.2, 0.25) is 0 Å². The lowest BCUT2D eigenvalue weighted by atomic mass is 10.1. The Labute approximate surface area is 130 Å². The molecule has 0 saturated heterocycles. The Morgan fingerprint density at radius 3 is 2.41 bits per heavy atom. The van der Waals surface area contributed by atoms with E-state index in [-0.39, 0.29) is 18.3 Å². The van der Waals surface area contributed by atoms with Crippen molar-refractivity contribution < 1.29 is 14.5 Å². The third-order valence-electron chi connectivity index (χ3n) is 3.41. The zero-order valence-corrected chi connectivity index (χ0v) is 12.8. The number of nitrogens with two attached hydrogens (primary N) is 1. The van der Waals surface area contributed by atoms with Crippen molar-refractivity contribution >= 4 is 11.7 Å². The lowest BCUT2D eigenvalue weighted by Gasteiger charge is -2.05. The summed E-state index contributed by atoms with van der Waals surface area (Å²) in [5.74, 6) is -0.305. The molecule has 0 saturated carbocycles. The first-order chi connectivity index (χ1) is 10.6. The van der Waals surface area contributed by atoms with E-state index >= 15 is 0 Å². The molecule has 2 N–H and O–H groups in total. The number of unbranched alkanes of at least 4 members (excludes halogenated alkanes) is 5. The number of rotatable bonds is 11. The highest BCUT2D eigenvalue weighted by Gasteiger charge is 2.13. The van der Waals surface area contributed by atoms with Crippen molar-refractivity contribution in [3.63, 3.8) is 0 Å². The number of nitro groups is 1. The lowest BCUT2D eigenvalue weighted by molar-refractivity contribution is -0.385. The largest absolute Gasteiger partial charge is 0.461 e. The van der Waals surface area contributed by atoms with Crippen LogP contribution in [0, 0.1) is 10.1 Å². The summed E-state index contributed by atoms with van der Waals surface area (Å²) in [6.45, 7) is 0.685. The summed E-state index contributed by atoms with van der Waals surface area (Å²) in [7, 11) is 0. The Balaban J connectivity index is 2.20. The SMILES string of the molecule is NCCCCCCCCC(=O)OCc1ccccc1[N+](=O)[O-]. The number of nitrogens with zero attached hydrogens (tertiary/aromatic N) is 1. The van der Waals surface area contributed by atoms with Crippen LogP contribution in [-0.2, 0) is 16.1 Å². The molecule has 0 aliphatic carbocycles. The van der Waals surface area contributed by atoms with Gasteiger partial charge in [-0.25, -0.2) is 0 Å². The van der Waals surface area contributed by atoms with Crippen LogP contribution in [0.25, 0.3) is 0 Å². The van der Waals surface area contributed by atoms with Gasteiger partial charge in [0.15, 0.2) is 0 Å². The summed E-state index contributed by atoms with van der Waals surface area (Å²) in [6.07, 6.45) is 6.57. The summed E-state index contributed by atoms with van der Waals surface area (Å²) in [6, 6.07) is 6.29. The van der Waals surface area contributed by atoms with E-state index in [1.807, 2.05) is 0 Å². The van der Waals surface area contributed by atoms with Crippen molar-refractivity contribution in [2.75, 3.05) is 6.54 Å². The highest BCUT2D eigenvalue weighted by molar-refractivity contribution is 5.69. The number of hydrogen-bond acceptors (Lipinski definition) is 5. The molecule has 1 rings (SSSR count). The van der Waals surface area contributed by atoms with Crippen molar-refractivity contribution in [3.05, 3.63) is 39.9 Å². The zero-order valence-electron chi connectivity index (χ0n) is 12.8. The van der Waals surface area contributed by atoms with Crippen molar-refractivity contribution in [2.24, 2.45) is 5.73 Å². The smallest absolute Gasteiger partial charge is 0.306 e. The maximum Gasteiger partial charge on any atom is 0.306 e. The Kier molecular flexibility index (Phi) is 8.83. The Bertz CT molecular complexity index is 477. The molecule has 22 heavy (non-hydrogen) atoms. The average Bonchev–Trinajstić information content (AvgIpc) is 2.52. The number of hydrogen-bond donors (Lipinski definition) is 1. The van der Waals surface area contributed by atoms with Crippen LogP contribution < -0.4 is 5.73 Å². The van der Waals surface area contributed by atoms with Crippen LogP contribution in [0.4, 0.5) is 5.69 Å². The van der Waals surface area contributed by atoms with Crippen LogP contribution in [-0.4, -0.2) is 17.4 Å². The van der Waals surface area contributed by atoms with Gasteiger partial charge >= 0.3 is 5.97 Å². The van der Waals surface area contributed by atoms with E-state index in [0.717, 1.165) is 45.1 Å². The van der Waals surface area contributed by atoms with E-state index in [9.17, 15) is 14.9 Å². The number of para-hydroxylation sites is 1. The van der Waals surface area contributed by atoms with Crippen LogP contribution in [0.1, 0.15) is 50.5 Å². The molecule has 0 aromatic heterocycles. The third-order valence-corrected chi connectivity index (χ3v) is 3.41. The number of ether oxygens (including phenoxy) is 1. The zero-order chi connectivity index (χ0) is 16.2. The van der Waals surface area contributed by atoms with Crippen molar-refractivity contribution in [1.82, 2.24) is 0 Å². The molecule has 6 heteroatoms. The van der Waals surface area contributed by atoms with Crippen LogP contribution in [0.5, 0.6) is 0 Å². The summed E-state index contributed by atoms with van der Waals surface area (Å²) in [5, 5.41) is 10.8. The number of carbonyl (C=O) groups is 1. The van der Waals surface area contributed by atoms with Crippen molar-refractivity contribution in [3.8, 4) is 0 Å². The van der Waals surface area contributed by atoms with Gasteiger partial charge in [0.2, 0.25) is 0 Å². The summed E-state index contributed by atoms with van der Waals surface area (Å²) < 4.78 is 5.10. The monoisotopic (exact) mass is 308 g/mol. The van der Waals surface area contributed by atoms with Gasteiger partial charge in [-0.15, -0.1) is 0 Å². The standard InChI is InChI=1S/C16H24N2O4/c17-12-8-4-2-1-3-5-11-16(19)22-13-14-9-6-7-10-15(14)18(20)21/h6-7,9-10H,1-5,8,11-13,17H2. The number of nitro benzene ring substituents is 1. The molecule has 0 amide bonds. The minimum Gasteiger partial charge on any atom is -0.461 e. The molecule has 0 unspecified atom stereocenters. The van der Waals surface area contributed by atoms with Crippen molar-refractivity contribution in [1.29, 1.82) is 0 Å². The van der Waals surface area contributed by atoms with Crippen LogP contribution >= 0.6 is 0 Å². The average molecular weight is 308 g/mol. The fourth-order valence-corrected chi connectivity index (χ4v) is 2.16. The fourth-order valence-electron chi connectivity index (χ4n) is 2.16. The fraction of sp³-hybridized carbons (Fsp3) is 0.562. The Morgan fingerprint density at radius 1 is 1.09 bits per heavy atom. The molecule has 1 aromatic carbocycles. The molecule has 0 aliphatic heterocycles. The molecular formula is C16H24N2O4. The minimum atomic E-state index is -0.468. The molecule has 0 aliphatic rings. The van der Waals surface area contributed by atoms with Gasteiger partial charge in [-0.1, -0.05) is 37.8 Å². The second-order valence-corrected chi connectivity index (χ2v) is 5.21. The quantitative estimate of drug-likeness (QED) is 0.293. The highest BCUT2D eigenvalue weighted by Crippen LogP contribution is 2.18. The van der Waals surface area contributed by atoms with E-state index < -0.39 is 4.92 Å². The molecule has 122 valence electrons. The molecule has 6 nitrogen and oxygen atoms in total. The van der Waals surface area contributed by atoms with E-state index in [1.165, 1.54) is 6.07 Å². The maximum atomic E-state index is 11.6. The van der Waals surface area contributed by atoms with Gasteiger partial charge in [-0.2, -0.15) is 0 Å². The summed E-state index contributed by atoms with van der Waals surface area (Å²) in [5.41, 5.74) is 5.82.